The molecule has 8 nitrogen and oxygen atoms in total. The molecule has 2 aromatic rings. The standard InChI is InChI=1S/C59H88N4O4/c1-36(2)48-26-46(58-30-40-20-41(31-58)22-42(21-40)32-58)27-49(37(3)4)54(48)60-56(64)52-14-9-11-16-62(52,66)18-13-19-63(67)17-12-10-15-53(63)57(65)61-55-50(38(5)6)28-47(29-51(55)39(7)8)59-33-43-23-44(34-59)25-45(24-43)35-59/h26-29,36-45,52-53H,9-25,30-35H2,1-8H3,(H,60,64)(H,61,65)/t40?,41?,42?,43?,44?,45?,52-,53-,58?,59?,62+,63+/m0/s1. The molecule has 2 amide bonds. The van der Waals surface area contributed by atoms with Crippen molar-refractivity contribution in [1.29, 1.82) is 0 Å². The summed E-state index contributed by atoms with van der Waals surface area (Å²) in [6.07, 6.45) is 21.1. The Morgan fingerprint density at radius 1 is 0.507 bits per heavy atom. The molecule has 0 unspecified atom stereocenters. The molecule has 0 radical (unpaired) electrons. The lowest BCUT2D eigenvalue weighted by molar-refractivity contribution is -0.919. The number of amides is 2. The summed E-state index contributed by atoms with van der Waals surface area (Å²) < 4.78 is -1.18. The van der Waals surface area contributed by atoms with Crippen LogP contribution < -0.4 is 10.6 Å². The van der Waals surface area contributed by atoms with Crippen molar-refractivity contribution in [2.75, 3.05) is 36.8 Å². The van der Waals surface area contributed by atoms with E-state index in [0.29, 0.717) is 32.4 Å². The van der Waals surface area contributed by atoms with Crippen LogP contribution in [-0.2, 0) is 20.4 Å². The lowest BCUT2D eigenvalue weighted by Crippen LogP contribution is -2.61. The third-order valence-electron chi connectivity index (χ3n) is 20.0. The van der Waals surface area contributed by atoms with Crippen molar-refractivity contribution >= 4 is 23.2 Å². The van der Waals surface area contributed by atoms with Gasteiger partial charge in [0.1, 0.15) is 0 Å². The first-order chi connectivity index (χ1) is 31.9. The average molecular weight is 917 g/mol. The number of benzene rings is 2. The highest BCUT2D eigenvalue weighted by Gasteiger charge is 2.53. The minimum absolute atomic E-state index is 0.168. The normalized spacial score (nSPS) is 37.6. The molecule has 2 aromatic carbocycles. The Bertz CT molecular complexity index is 1910. The van der Waals surface area contributed by atoms with Gasteiger partial charge in [0.25, 0.3) is 11.8 Å². The third kappa shape index (κ3) is 8.89. The minimum Gasteiger partial charge on any atom is -0.632 e. The Labute approximate surface area is 404 Å². The average Bonchev–Trinajstić information content (AvgIpc) is 3.25. The van der Waals surface area contributed by atoms with Crippen LogP contribution in [0.5, 0.6) is 0 Å². The van der Waals surface area contributed by atoms with Crippen molar-refractivity contribution in [2.24, 2.45) is 35.5 Å². The summed E-state index contributed by atoms with van der Waals surface area (Å²) in [6, 6.07) is 8.37. The highest BCUT2D eigenvalue weighted by molar-refractivity contribution is 5.97. The number of hydroxylamine groups is 6. The van der Waals surface area contributed by atoms with E-state index >= 15 is 10.4 Å². The molecule has 8 heteroatoms. The van der Waals surface area contributed by atoms with Crippen LogP contribution in [0.3, 0.4) is 0 Å². The molecule has 0 aromatic heterocycles. The Morgan fingerprint density at radius 2 is 0.791 bits per heavy atom. The molecule has 0 spiro atoms. The fourth-order valence-corrected chi connectivity index (χ4v) is 17.5. The number of nitrogens with one attached hydrogen (secondary N) is 2. The molecule has 2 aliphatic heterocycles. The SMILES string of the molecule is CC(C)c1cc(C23CC4CC(CC(C4)C2)C3)cc(C(C)C)c1NC(=O)[C@@H]1CCCC[N@@+]1([O-])CCC[N@+]1([O-])CCCC[C@H]1C(=O)Nc1c(C(C)C)cc(C23CC4CC(CC(C4)C2)C3)cc1C(C)C. The molecule has 2 N–H and O–H groups in total. The second-order valence-electron chi connectivity index (χ2n) is 26.2. The first kappa shape index (κ1) is 47.9. The zero-order valence-electron chi connectivity index (χ0n) is 43.0. The van der Waals surface area contributed by atoms with Crippen molar-refractivity contribution in [1.82, 2.24) is 0 Å². The number of piperidine rings is 2. The van der Waals surface area contributed by atoms with Gasteiger partial charge in [0.15, 0.2) is 12.1 Å². The van der Waals surface area contributed by atoms with Gasteiger partial charge in [0, 0.05) is 30.6 Å². The molecule has 2 heterocycles. The smallest absolute Gasteiger partial charge is 0.283 e. The van der Waals surface area contributed by atoms with E-state index in [2.05, 4.69) is 90.3 Å². The Morgan fingerprint density at radius 3 is 1.06 bits per heavy atom. The van der Waals surface area contributed by atoms with Crippen LogP contribution in [0.15, 0.2) is 24.3 Å². The number of anilines is 2. The number of hydrogen-bond acceptors (Lipinski definition) is 4. The second-order valence-corrected chi connectivity index (χ2v) is 26.2. The van der Waals surface area contributed by atoms with Crippen LogP contribution in [0.1, 0.15) is 234 Å². The summed E-state index contributed by atoms with van der Waals surface area (Å²) in [6.45, 7) is 19.2. The summed E-state index contributed by atoms with van der Waals surface area (Å²) in [5, 5.41) is 37.0. The fraction of sp³-hybridized carbons (Fsp3) is 0.763. The molecule has 8 saturated carbocycles. The second kappa shape index (κ2) is 18.1. The number of quaternary nitrogens is 2. The van der Waals surface area contributed by atoms with E-state index < -0.39 is 21.4 Å². The third-order valence-corrected chi connectivity index (χ3v) is 20.0. The lowest BCUT2D eigenvalue weighted by Gasteiger charge is -2.57. The monoisotopic (exact) mass is 917 g/mol. The molecule has 8 aliphatic carbocycles. The zero-order chi connectivity index (χ0) is 47.2. The molecular weight excluding hydrogens is 829 g/mol. The highest BCUT2D eigenvalue weighted by atomic mass is 16.6. The number of likely N-dealkylation sites (tertiary alicyclic amines) is 2. The van der Waals surface area contributed by atoms with Gasteiger partial charge in [-0.05, 0) is 206 Å². The maximum atomic E-state index is 15.1. The summed E-state index contributed by atoms with van der Waals surface area (Å²) in [7, 11) is 0. The van der Waals surface area contributed by atoms with E-state index in [-0.39, 0.29) is 59.4 Å². The van der Waals surface area contributed by atoms with Crippen molar-refractivity contribution in [3.05, 3.63) is 68.1 Å². The van der Waals surface area contributed by atoms with Gasteiger partial charge >= 0.3 is 0 Å². The quantitative estimate of drug-likeness (QED) is 0.145. The predicted molar refractivity (Wildman–Crippen MR) is 273 cm³/mol. The van der Waals surface area contributed by atoms with E-state index in [4.69, 9.17) is 0 Å². The summed E-state index contributed by atoms with van der Waals surface area (Å²) in [5.74, 6) is 5.72. The number of carbonyl (C=O) groups is 2. The van der Waals surface area contributed by atoms with Gasteiger partial charge in [-0.15, -0.1) is 0 Å². The molecule has 368 valence electrons. The Kier molecular flexibility index (Phi) is 12.9. The first-order valence-corrected chi connectivity index (χ1v) is 28.0. The maximum Gasteiger partial charge on any atom is 0.283 e. The van der Waals surface area contributed by atoms with Gasteiger partial charge in [-0.1, -0.05) is 79.7 Å². The zero-order valence-corrected chi connectivity index (χ0v) is 43.0. The molecule has 10 fully saturated rings. The molecule has 4 atom stereocenters. The number of carbonyl (C=O) groups excluding carboxylic acids is 2. The molecule has 8 bridgehead atoms. The van der Waals surface area contributed by atoms with Crippen LogP contribution in [0.4, 0.5) is 11.4 Å². The molecule has 12 rings (SSSR count). The lowest BCUT2D eigenvalue weighted by atomic mass is 9.48. The van der Waals surface area contributed by atoms with Gasteiger partial charge in [-0.3, -0.25) is 9.59 Å². The fourth-order valence-electron chi connectivity index (χ4n) is 17.5. The molecule has 10 aliphatic rings. The van der Waals surface area contributed by atoms with Crippen LogP contribution in [0.25, 0.3) is 0 Å². The molecule has 67 heavy (non-hydrogen) atoms. The summed E-state index contributed by atoms with van der Waals surface area (Å²) in [4.78, 5) is 29.3. The Balaban J connectivity index is 0.849. The largest absolute Gasteiger partial charge is 0.632 e. The summed E-state index contributed by atoms with van der Waals surface area (Å²) >= 11 is 0. The van der Waals surface area contributed by atoms with Crippen LogP contribution in [0.2, 0.25) is 0 Å². The molecule has 2 saturated heterocycles. The van der Waals surface area contributed by atoms with Gasteiger partial charge in [0.2, 0.25) is 0 Å². The van der Waals surface area contributed by atoms with Gasteiger partial charge < -0.3 is 30.3 Å². The van der Waals surface area contributed by atoms with Crippen molar-refractivity contribution in [2.45, 2.75) is 224 Å². The van der Waals surface area contributed by atoms with E-state index in [1.165, 1.54) is 110 Å². The topological polar surface area (TPSA) is 104 Å². The van der Waals surface area contributed by atoms with E-state index in [9.17, 15) is 9.59 Å². The highest BCUT2D eigenvalue weighted by Crippen LogP contribution is 2.63. The first-order valence-electron chi connectivity index (χ1n) is 28.0. The molecular formula is C59H88N4O4. The Hall–Kier alpha value is -2.78. The predicted octanol–water partition coefficient (Wildman–Crippen LogP) is 13.8. The van der Waals surface area contributed by atoms with Gasteiger partial charge in [-0.2, -0.15) is 0 Å². The maximum absolute atomic E-state index is 15.1. The van der Waals surface area contributed by atoms with Crippen LogP contribution >= 0.6 is 0 Å². The number of hydrogen-bond donors (Lipinski definition) is 2. The van der Waals surface area contributed by atoms with Crippen molar-refractivity contribution in [3.8, 4) is 0 Å². The number of nitrogens with zero attached hydrogens (tertiary/aromatic N) is 2. The van der Waals surface area contributed by atoms with Crippen molar-refractivity contribution < 1.29 is 18.9 Å². The van der Waals surface area contributed by atoms with E-state index in [1.54, 1.807) is 0 Å². The summed E-state index contributed by atoms with van der Waals surface area (Å²) in [5.41, 5.74) is 10.2. The van der Waals surface area contributed by atoms with E-state index in [1.807, 2.05) is 0 Å². The minimum atomic E-state index is -0.720. The van der Waals surface area contributed by atoms with Gasteiger partial charge in [-0.25, -0.2) is 0 Å². The van der Waals surface area contributed by atoms with Crippen molar-refractivity contribution in [3.63, 3.8) is 0 Å². The van der Waals surface area contributed by atoms with Crippen LogP contribution in [0, 0.1) is 45.9 Å². The van der Waals surface area contributed by atoms with Crippen LogP contribution in [-0.4, -0.2) is 59.4 Å². The number of rotatable bonds is 14. The van der Waals surface area contributed by atoms with E-state index in [0.717, 1.165) is 72.6 Å². The van der Waals surface area contributed by atoms with Gasteiger partial charge in [0.05, 0.1) is 26.2 Å².